The molecule has 0 aliphatic rings. The van der Waals surface area contributed by atoms with Crippen molar-refractivity contribution in [2.45, 2.75) is 20.3 Å². The van der Waals surface area contributed by atoms with E-state index < -0.39 is 5.97 Å². The Hall–Kier alpha value is -1.12. The number of aldehydes is 1. The van der Waals surface area contributed by atoms with E-state index in [0.717, 1.165) is 6.29 Å². The van der Waals surface area contributed by atoms with E-state index in [-0.39, 0.29) is 5.92 Å². The van der Waals surface area contributed by atoms with Crippen LogP contribution in [0.3, 0.4) is 0 Å². The fourth-order valence-electron chi connectivity index (χ4n) is 0.506. The van der Waals surface area contributed by atoms with Crippen molar-refractivity contribution in [2.24, 2.45) is 5.92 Å². The molecule has 1 atom stereocenters. The molecule has 3 heteroatoms. The molecule has 0 aromatic heterocycles. The van der Waals surface area contributed by atoms with Crippen LogP contribution in [-0.2, 0) is 9.59 Å². The Morgan fingerprint density at radius 2 is 2.18 bits per heavy atom. The van der Waals surface area contributed by atoms with Crippen molar-refractivity contribution in [3.05, 3.63) is 11.6 Å². The minimum Gasteiger partial charge on any atom is -0.478 e. The van der Waals surface area contributed by atoms with Crippen LogP contribution in [0.15, 0.2) is 11.6 Å². The summed E-state index contributed by atoms with van der Waals surface area (Å²) in [6.45, 7) is 3.26. The molecule has 0 fully saturated rings. The van der Waals surface area contributed by atoms with Crippen molar-refractivity contribution in [3.8, 4) is 0 Å². The summed E-state index contributed by atoms with van der Waals surface area (Å²) < 4.78 is 0. The monoisotopic (exact) mass is 156 g/mol. The molecule has 0 radical (unpaired) electrons. The molecule has 11 heavy (non-hydrogen) atoms. The largest absolute Gasteiger partial charge is 0.478 e. The lowest BCUT2D eigenvalue weighted by Gasteiger charge is -1.97. The Balaban J connectivity index is 3.91. The molecule has 0 aromatic carbocycles. The van der Waals surface area contributed by atoms with Gasteiger partial charge in [-0.05, 0) is 13.3 Å². The summed E-state index contributed by atoms with van der Waals surface area (Å²) in [4.78, 5) is 20.4. The van der Waals surface area contributed by atoms with Gasteiger partial charge in [0, 0.05) is 11.5 Å². The van der Waals surface area contributed by atoms with Gasteiger partial charge in [-0.1, -0.05) is 13.0 Å². The van der Waals surface area contributed by atoms with Gasteiger partial charge in [-0.15, -0.1) is 0 Å². The standard InChI is InChI=1S/C8H12O3/c1-6(5-9)3-4-7(2)8(10)11/h4-6H,3H2,1-2H3,(H,10,11)/b7-4+. The highest BCUT2D eigenvalue weighted by Gasteiger charge is 2.00. The van der Waals surface area contributed by atoms with Crippen molar-refractivity contribution < 1.29 is 14.7 Å². The van der Waals surface area contributed by atoms with Crippen LogP contribution >= 0.6 is 0 Å². The zero-order valence-corrected chi connectivity index (χ0v) is 6.70. The molecular weight excluding hydrogens is 144 g/mol. The summed E-state index contributed by atoms with van der Waals surface area (Å²) in [5.74, 6) is -1.02. The molecule has 0 rings (SSSR count). The maximum atomic E-state index is 10.2. The molecule has 0 aliphatic heterocycles. The Morgan fingerprint density at radius 3 is 2.55 bits per heavy atom. The van der Waals surface area contributed by atoms with Crippen LogP contribution < -0.4 is 0 Å². The van der Waals surface area contributed by atoms with E-state index in [9.17, 15) is 9.59 Å². The van der Waals surface area contributed by atoms with E-state index in [2.05, 4.69) is 0 Å². The number of hydrogen-bond acceptors (Lipinski definition) is 2. The first-order chi connectivity index (χ1) is 5.07. The molecule has 1 N–H and O–H groups in total. The SMILES string of the molecule is C/C(=C\CC(C)C=O)C(=O)O. The summed E-state index contributed by atoms with van der Waals surface area (Å²) in [6.07, 6.45) is 2.87. The number of aliphatic carboxylic acids is 1. The number of carbonyl (C=O) groups is 2. The third-order valence-corrected chi connectivity index (χ3v) is 1.37. The van der Waals surface area contributed by atoms with Crippen LogP contribution in [0, 0.1) is 5.92 Å². The summed E-state index contributed by atoms with van der Waals surface area (Å²) in [7, 11) is 0. The second kappa shape index (κ2) is 4.66. The molecule has 0 bridgehead atoms. The highest BCUT2D eigenvalue weighted by Crippen LogP contribution is 2.02. The minimum atomic E-state index is -0.928. The van der Waals surface area contributed by atoms with Crippen molar-refractivity contribution in [2.75, 3.05) is 0 Å². The highest BCUT2D eigenvalue weighted by atomic mass is 16.4. The van der Waals surface area contributed by atoms with E-state index in [0.29, 0.717) is 12.0 Å². The van der Waals surface area contributed by atoms with Crippen molar-refractivity contribution in [1.29, 1.82) is 0 Å². The maximum Gasteiger partial charge on any atom is 0.330 e. The summed E-state index contributed by atoms with van der Waals surface area (Å²) in [5.41, 5.74) is 0.290. The summed E-state index contributed by atoms with van der Waals surface area (Å²) >= 11 is 0. The average molecular weight is 156 g/mol. The lowest BCUT2D eigenvalue weighted by atomic mass is 10.1. The first kappa shape index (κ1) is 9.88. The molecule has 0 aromatic rings. The Morgan fingerprint density at radius 1 is 1.64 bits per heavy atom. The predicted octanol–water partition coefficient (Wildman–Crippen LogP) is 1.24. The van der Waals surface area contributed by atoms with Crippen LogP contribution in [0.1, 0.15) is 20.3 Å². The van der Waals surface area contributed by atoms with Crippen molar-refractivity contribution in [1.82, 2.24) is 0 Å². The maximum absolute atomic E-state index is 10.2. The van der Waals surface area contributed by atoms with Crippen LogP contribution in [0.25, 0.3) is 0 Å². The van der Waals surface area contributed by atoms with Crippen molar-refractivity contribution >= 4 is 12.3 Å². The van der Waals surface area contributed by atoms with Gasteiger partial charge in [0.25, 0.3) is 0 Å². The minimum absolute atomic E-state index is 0.0932. The second-order valence-electron chi connectivity index (χ2n) is 2.54. The topological polar surface area (TPSA) is 54.4 Å². The van der Waals surface area contributed by atoms with E-state index in [1.54, 1.807) is 13.0 Å². The van der Waals surface area contributed by atoms with Gasteiger partial charge in [0.1, 0.15) is 6.29 Å². The number of rotatable bonds is 4. The first-order valence-electron chi connectivity index (χ1n) is 3.43. The highest BCUT2D eigenvalue weighted by molar-refractivity contribution is 5.85. The smallest absolute Gasteiger partial charge is 0.330 e. The van der Waals surface area contributed by atoms with E-state index in [4.69, 9.17) is 5.11 Å². The number of carboxylic acid groups (broad SMARTS) is 1. The van der Waals surface area contributed by atoms with E-state index >= 15 is 0 Å². The van der Waals surface area contributed by atoms with Gasteiger partial charge in [0.05, 0.1) is 0 Å². The van der Waals surface area contributed by atoms with Gasteiger partial charge in [0.15, 0.2) is 0 Å². The second-order valence-corrected chi connectivity index (χ2v) is 2.54. The molecule has 0 saturated heterocycles. The Labute approximate surface area is 65.7 Å². The number of carboxylic acids is 1. The van der Waals surface area contributed by atoms with Gasteiger partial charge in [-0.25, -0.2) is 4.79 Å². The molecular formula is C8H12O3. The summed E-state index contributed by atoms with van der Waals surface area (Å²) in [5, 5.41) is 8.41. The molecule has 0 amide bonds. The van der Waals surface area contributed by atoms with Crippen LogP contribution in [0.2, 0.25) is 0 Å². The van der Waals surface area contributed by atoms with Gasteiger partial charge in [0.2, 0.25) is 0 Å². The first-order valence-corrected chi connectivity index (χ1v) is 3.43. The van der Waals surface area contributed by atoms with Crippen LogP contribution in [-0.4, -0.2) is 17.4 Å². The lowest BCUT2D eigenvalue weighted by Crippen LogP contribution is -1.98. The fourth-order valence-corrected chi connectivity index (χ4v) is 0.506. The third kappa shape index (κ3) is 4.31. The van der Waals surface area contributed by atoms with Crippen LogP contribution in [0.4, 0.5) is 0 Å². The molecule has 0 aliphatic carbocycles. The Kier molecular flexibility index (Phi) is 4.18. The zero-order chi connectivity index (χ0) is 8.85. The predicted molar refractivity (Wildman–Crippen MR) is 41.2 cm³/mol. The molecule has 1 unspecified atom stereocenters. The molecule has 62 valence electrons. The van der Waals surface area contributed by atoms with Gasteiger partial charge < -0.3 is 9.90 Å². The van der Waals surface area contributed by atoms with Crippen molar-refractivity contribution in [3.63, 3.8) is 0 Å². The average Bonchev–Trinajstić information content (AvgIpc) is 1.99. The van der Waals surface area contributed by atoms with Gasteiger partial charge >= 0.3 is 5.97 Å². The normalized spacial score (nSPS) is 14.2. The summed E-state index contributed by atoms with van der Waals surface area (Å²) in [6, 6.07) is 0. The Bertz CT molecular complexity index is 182. The van der Waals surface area contributed by atoms with Gasteiger partial charge in [-0.3, -0.25) is 0 Å². The number of allylic oxidation sites excluding steroid dienone is 1. The quantitative estimate of drug-likeness (QED) is 0.492. The van der Waals surface area contributed by atoms with Crippen LogP contribution in [0.5, 0.6) is 0 Å². The number of carbonyl (C=O) groups excluding carboxylic acids is 1. The molecule has 3 nitrogen and oxygen atoms in total. The molecule has 0 saturated carbocycles. The van der Waals surface area contributed by atoms with Gasteiger partial charge in [-0.2, -0.15) is 0 Å². The molecule has 0 heterocycles. The number of hydrogen-bond donors (Lipinski definition) is 1. The fraction of sp³-hybridized carbons (Fsp3) is 0.500. The van der Waals surface area contributed by atoms with E-state index in [1.807, 2.05) is 0 Å². The molecule has 0 spiro atoms. The van der Waals surface area contributed by atoms with E-state index in [1.165, 1.54) is 6.92 Å². The lowest BCUT2D eigenvalue weighted by molar-refractivity contribution is -0.132. The third-order valence-electron chi connectivity index (χ3n) is 1.37. The zero-order valence-electron chi connectivity index (χ0n) is 6.70.